The number of hydrogen-bond acceptors (Lipinski definition) is 4. The van der Waals surface area contributed by atoms with Crippen molar-refractivity contribution < 1.29 is 23.5 Å². The zero-order chi connectivity index (χ0) is 20.0. The second-order valence-electron chi connectivity index (χ2n) is 5.63. The summed E-state index contributed by atoms with van der Waals surface area (Å²) in [7, 11) is 2.92. The van der Waals surface area contributed by atoms with E-state index in [0.29, 0.717) is 27.9 Å². The van der Waals surface area contributed by atoms with Gasteiger partial charge in [-0.25, -0.2) is 4.39 Å². The Balaban J connectivity index is 2.15. The van der Waals surface area contributed by atoms with Gasteiger partial charge in [0.15, 0.2) is 0 Å². The lowest BCUT2D eigenvalue weighted by Crippen LogP contribution is -2.32. The number of benzene rings is 2. The Morgan fingerprint density at radius 3 is 2.30 bits per heavy atom. The topological polar surface area (TPSA) is 67.9 Å². The molecule has 8 heteroatoms. The van der Waals surface area contributed by atoms with Crippen molar-refractivity contribution in [2.75, 3.05) is 31.0 Å². The molecule has 0 saturated carbocycles. The lowest BCUT2D eigenvalue weighted by Gasteiger charge is -2.24. The predicted octanol–water partition coefficient (Wildman–Crippen LogP) is 3.88. The number of halogens is 2. The highest BCUT2D eigenvalue weighted by atomic mass is 35.5. The van der Waals surface area contributed by atoms with Crippen molar-refractivity contribution in [3.63, 3.8) is 0 Å². The molecule has 0 radical (unpaired) electrons. The summed E-state index contributed by atoms with van der Waals surface area (Å²) in [6.45, 7) is 1.50. The van der Waals surface area contributed by atoms with Gasteiger partial charge in [-0.05, 0) is 24.3 Å². The summed E-state index contributed by atoms with van der Waals surface area (Å²) >= 11 is 6.09. The molecule has 0 saturated heterocycles. The third kappa shape index (κ3) is 5.34. The molecule has 0 bridgehead atoms. The van der Waals surface area contributed by atoms with Crippen LogP contribution in [0.25, 0.3) is 0 Å². The number of rotatable bonds is 7. The standard InChI is InChI=1S/C19H20ClFN2O4/c1-12(24)23(16-11-17(26-2)15(20)10-18(16)27-3)9-8-19(25)22-14-6-4-13(21)5-7-14/h4-7,10-11H,8-9H2,1-3H3,(H,22,25). The van der Waals surface area contributed by atoms with Crippen molar-refractivity contribution in [1.82, 2.24) is 0 Å². The molecule has 0 aliphatic carbocycles. The number of anilines is 2. The van der Waals surface area contributed by atoms with Crippen LogP contribution in [0.5, 0.6) is 11.5 Å². The SMILES string of the molecule is COc1cc(N(CCC(=O)Nc2ccc(F)cc2)C(C)=O)c(OC)cc1Cl. The molecule has 0 fully saturated rings. The van der Waals surface area contributed by atoms with E-state index in [2.05, 4.69) is 5.32 Å². The Kier molecular flexibility index (Phi) is 7.01. The first-order chi connectivity index (χ1) is 12.8. The number of nitrogens with one attached hydrogen (secondary N) is 1. The summed E-state index contributed by atoms with van der Waals surface area (Å²) in [5, 5.41) is 3.00. The number of hydrogen-bond donors (Lipinski definition) is 1. The molecule has 27 heavy (non-hydrogen) atoms. The molecule has 1 N–H and O–H groups in total. The molecule has 2 aromatic carbocycles. The summed E-state index contributed by atoms with van der Waals surface area (Å²) < 4.78 is 23.4. The van der Waals surface area contributed by atoms with Crippen molar-refractivity contribution in [3.05, 3.63) is 47.2 Å². The second-order valence-corrected chi connectivity index (χ2v) is 6.04. The minimum atomic E-state index is -0.389. The van der Waals surface area contributed by atoms with Gasteiger partial charge in [-0.2, -0.15) is 0 Å². The Labute approximate surface area is 161 Å². The molecule has 0 atom stereocenters. The van der Waals surface area contributed by atoms with E-state index < -0.39 is 0 Å². The summed E-state index contributed by atoms with van der Waals surface area (Å²) in [4.78, 5) is 25.7. The van der Waals surface area contributed by atoms with Crippen LogP contribution in [0.3, 0.4) is 0 Å². The smallest absolute Gasteiger partial charge is 0.226 e. The highest BCUT2D eigenvalue weighted by Crippen LogP contribution is 2.38. The fourth-order valence-corrected chi connectivity index (χ4v) is 2.70. The number of nitrogens with zero attached hydrogens (tertiary/aromatic N) is 1. The fraction of sp³-hybridized carbons (Fsp3) is 0.263. The maximum absolute atomic E-state index is 12.9. The Bertz CT molecular complexity index is 827. The van der Waals surface area contributed by atoms with E-state index in [1.165, 1.54) is 50.3 Å². The van der Waals surface area contributed by atoms with E-state index in [0.717, 1.165) is 0 Å². The summed E-state index contributed by atoms with van der Waals surface area (Å²) in [6, 6.07) is 8.56. The maximum atomic E-state index is 12.9. The Morgan fingerprint density at radius 1 is 1.11 bits per heavy atom. The van der Waals surface area contributed by atoms with E-state index in [-0.39, 0.29) is 30.6 Å². The number of carbonyl (C=O) groups is 2. The molecule has 0 aromatic heterocycles. The molecule has 2 amide bonds. The molecule has 0 aliphatic rings. The molecular weight excluding hydrogens is 375 g/mol. The van der Waals surface area contributed by atoms with Crippen LogP contribution in [0, 0.1) is 5.82 Å². The van der Waals surface area contributed by atoms with Gasteiger partial charge < -0.3 is 19.7 Å². The van der Waals surface area contributed by atoms with Crippen LogP contribution >= 0.6 is 11.6 Å². The van der Waals surface area contributed by atoms with Crippen molar-refractivity contribution in [3.8, 4) is 11.5 Å². The van der Waals surface area contributed by atoms with E-state index in [9.17, 15) is 14.0 Å². The van der Waals surface area contributed by atoms with E-state index in [1.54, 1.807) is 12.1 Å². The Morgan fingerprint density at radius 2 is 1.74 bits per heavy atom. The quantitative estimate of drug-likeness (QED) is 0.773. The monoisotopic (exact) mass is 394 g/mol. The van der Waals surface area contributed by atoms with Crippen LogP contribution in [0.1, 0.15) is 13.3 Å². The van der Waals surface area contributed by atoms with Crippen molar-refractivity contribution >= 4 is 34.8 Å². The molecule has 2 rings (SSSR count). The average Bonchev–Trinajstić information content (AvgIpc) is 2.64. The molecule has 0 heterocycles. The fourth-order valence-electron chi connectivity index (χ4n) is 2.47. The number of carbonyl (C=O) groups excluding carboxylic acids is 2. The molecule has 144 valence electrons. The summed E-state index contributed by atoms with van der Waals surface area (Å²) in [5.41, 5.74) is 0.919. The largest absolute Gasteiger partial charge is 0.495 e. The van der Waals surface area contributed by atoms with Crippen molar-refractivity contribution in [2.24, 2.45) is 0 Å². The Hall–Kier alpha value is -2.80. The minimum Gasteiger partial charge on any atom is -0.495 e. The van der Waals surface area contributed by atoms with E-state index in [4.69, 9.17) is 21.1 Å². The average molecular weight is 395 g/mol. The van der Waals surface area contributed by atoms with E-state index in [1.807, 2.05) is 0 Å². The highest BCUT2D eigenvalue weighted by molar-refractivity contribution is 6.32. The second kappa shape index (κ2) is 9.23. The number of ether oxygens (including phenoxy) is 2. The van der Waals surface area contributed by atoms with Crippen LogP contribution in [-0.4, -0.2) is 32.6 Å². The lowest BCUT2D eigenvalue weighted by molar-refractivity contribution is -0.117. The van der Waals surface area contributed by atoms with Crippen LogP contribution in [0.15, 0.2) is 36.4 Å². The first kappa shape index (κ1) is 20.5. The van der Waals surface area contributed by atoms with Gasteiger partial charge in [0.2, 0.25) is 11.8 Å². The van der Waals surface area contributed by atoms with Crippen LogP contribution in [0.4, 0.5) is 15.8 Å². The molecule has 0 spiro atoms. The first-order valence-electron chi connectivity index (χ1n) is 8.10. The molecule has 2 aromatic rings. The third-order valence-electron chi connectivity index (χ3n) is 3.81. The van der Waals surface area contributed by atoms with Gasteiger partial charge in [0.05, 0.1) is 24.9 Å². The molecule has 0 unspecified atom stereocenters. The van der Waals surface area contributed by atoms with Crippen molar-refractivity contribution in [1.29, 1.82) is 0 Å². The van der Waals surface area contributed by atoms with Gasteiger partial charge >= 0.3 is 0 Å². The van der Waals surface area contributed by atoms with Crippen molar-refractivity contribution in [2.45, 2.75) is 13.3 Å². The lowest BCUT2D eigenvalue weighted by atomic mass is 10.2. The zero-order valence-electron chi connectivity index (χ0n) is 15.2. The van der Waals surface area contributed by atoms with Crippen LogP contribution in [-0.2, 0) is 9.59 Å². The highest BCUT2D eigenvalue weighted by Gasteiger charge is 2.20. The number of methoxy groups -OCH3 is 2. The maximum Gasteiger partial charge on any atom is 0.226 e. The van der Waals surface area contributed by atoms with Crippen LogP contribution in [0.2, 0.25) is 5.02 Å². The van der Waals surface area contributed by atoms with Crippen LogP contribution < -0.4 is 19.7 Å². The normalized spacial score (nSPS) is 10.3. The molecule has 6 nitrogen and oxygen atoms in total. The number of amides is 2. The van der Waals surface area contributed by atoms with Gasteiger partial charge in [0.25, 0.3) is 0 Å². The van der Waals surface area contributed by atoms with Gasteiger partial charge in [0.1, 0.15) is 17.3 Å². The minimum absolute atomic E-state index is 0.0328. The van der Waals surface area contributed by atoms with Gasteiger partial charge in [0, 0.05) is 37.7 Å². The third-order valence-corrected chi connectivity index (χ3v) is 4.11. The predicted molar refractivity (Wildman–Crippen MR) is 102 cm³/mol. The summed E-state index contributed by atoms with van der Waals surface area (Å²) in [5.74, 6) is -0.205. The van der Waals surface area contributed by atoms with Gasteiger partial charge in [-0.3, -0.25) is 9.59 Å². The van der Waals surface area contributed by atoms with E-state index >= 15 is 0 Å². The van der Waals surface area contributed by atoms with Gasteiger partial charge in [-0.1, -0.05) is 11.6 Å². The summed E-state index contributed by atoms with van der Waals surface area (Å²) in [6.07, 6.45) is 0.0328. The first-order valence-corrected chi connectivity index (χ1v) is 8.48. The molecular formula is C19H20ClFN2O4. The molecule has 0 aliphatic heterocycles. The van der Waals surface area contributed by atoms with Gasteiger partial charge in [-0.15, -0.1) is 0 Å². The zero-order valence-corrected chi connectivity index (χ0v) is 16.0.